The number of nitrogens with one attached hydrogen (secondary N) is 1. The van der Waals surface area contributed by atoms with Gasteiger partial charge in [-0.2, -0.15) is 11.8 Å². The van der Waals surface area contributed by atoms with Crippen molar-refractivity contribution in [1.29, 1.82) is 0 Å². The molecule has 0 heterocycles. The maximum atomic E-state index is 5.74. The molecule has 1 saturated carbocycles. The molecule has 0 radical (unpaired) electrons. The van der Waals surface area contributed by atoms with Gasteiger partial charge in [0.05, 0.1) is 6.04 Å². The summed E-state index contributed by atoms with van der Waals surface area (Å²) in [7, 11) is 0. The number of benzene rings is 1. The molecule has 19 heavy (non-hydrogen) atoms. The summed E-state index contributed by atoms with van der Waals surface area (Å²) < 4.78 is 0.278. The summed E-state index contributed by atoms with van der Waals surface area (Å²) in [6, 6.07) is 9.21. The summed E-state index contributed by atoms with van der Waals surface area (Å²) in [5.74, 6) is 7.54. The van der Waals surface area contributed by atoms with Gasteiger partial charge in [-0.15, -0.1) is 0 Å². The van der Waals surface area contributed by atoms with Crippen LogP contribution in [0.1, 0.15) is 63.1 Å². The summed E-state index contributed by atoms with van der Waals surface area (Å²) in [4.78, 5) is 0. The van der Waals surface area contributed by atoms with E-state index in [1.54, 1.807) is 0 Å². The van der Waals surface area contributed by atoms with E-state index in [2.05, 4.69) is 50.5 Å². The van der Waals surface area contributed by atoms with Crippen LogP contribution >= 0.6 is 11.8 Å². The summed E-state index contributed by atoms with van der Waals surface area (Å²) in [5.41, 5.74) is 5.79. The zero-order valence-corrected chi connectivity index (χ0v) is 13.1. The summed E-state index contributed by atoms with van der Waals surface area (Å²) in [6.45, 7) is 6.74. The Kier molecular flexibility index (Phi) is 4.93. The number of thioether (sulfide) groups is 1. The highest BCUT2D eigenvalue weighted by Gasteiger charge is 2.21. The molecular weight excluding hydrogens is 252 g/mol. The second kappa shape index (κ2) is 6.29. The molecule has 106 valence electrons. The first-order chi connectivity index (χ1) is 8.99. The fourth-order valence-electron chi connectivity index (χ4n) is 2.35. The average molecular weight is 278 g/mol. The predicted octanol–water partition coefficient (Wildman–Crippen LogP) is 3.99. The van der Waals surface area contributed by atoms with Crippen molar-refractivity contribution in [3.63, 3.8) is 0 Å². The molecule has 0 amide bonds. The Labute approximate surface area is 121 Å². The quantitative estimate of drug-likeness (QED) is 0.632. The molecule has 0 spiro atoms. The maximum absolute atomic E-state index is 5.74. The molecule has 0 bridgehead atoms. The molecule has 1 fully saturated rings. The average Bonchev–Trinajstić information content (AvgIpc) is 2.26. The van der Waals surface area contributed by atoms with Crippen LogP contribution in [0.15, 0.2) is 24.3 Å². The first-order valence-electron chi connectivity index (χ1n) is 7.19. The summed E-state index contributed by atoms with van der Waals surface area (Å²) >= 11 is 1.95. The Morgan fingerprint density at radius 2 is 2.11 bits per heavy atom. The van der Waals surface area contributed by atoms with E-state index in [1.807, 2.05) is 11.8 Å². The van der Waals surface area contributed by atoms with Crippen molar-refractivity contribution in [2.75, 3.05) is 5.75 Å². The number of nitrogens with two attached hydrogens (primary N) is 1. The Bertz CT molecular complexity index is 407. The molecule has 2 nitrogen and oxygen atoms in total. The van der Waals surface area contributed by atoms with Crippen LogP contribution in [0.5, 0.6) is 0 Å². The SMILES string of the molecule is CC(C)(C)SCC(NN)c1cccc(C2CCC2)c1. The van der Waals surface area contributed by atoms with Gasteiger partial charge in [0.25, 0.3) is 0 Å². The van der Waals surface area contributed by atoms with E-state index in [-0.39, 0.29) is 10.8 Å². The third-order valence-electron chi connectivity index (χ3n) is 3.77. The number of hydrogen-bond acceptors (Lipinski definition) is 3. The number of hydrogen-bond donors (Lipinski definition) is 2. The van der Waals surface area contributed by atoms with E-state index in [1.165, 1.54) is 30.4 Å². The molecule has 1 aliphatic carbocycles. The summed E-state index contributed by atoms with van der Waals surface area (Å²) in [5, 5.41) is 0. The van der Waals surface area contributed by atoms with E-state index < -0.39 is 0 Å². The van der Waals surface area contributed by atoms with Crippen LogP contribution in [0.2, 0.25) is 0 Å². The second-order valence-electron chi connectivity index (χ2n) is 6.44. The van der Waals surface area contributed by atoms with Gasteiger partial charge in [0, 0.05) is 10.5 Å². The van der Waals surface area contributed by atoms with E-state index in [0.29, 0.717) is 0 Å². The zero-order chi connectivity index (χ0) is 13.9. The minimum absolute atomic E-state index is 0.240. The van der Waals surface area contributed by atoms with Crippen LogP contribution in [0.3, 0.4) is 0 Å². The number of hydrazine groups is 1. The minimum Gasteiger partial charge on any atom is -0.271 e. The predicted molar refractivity (Wildman–Crippen MR) is 85.3 cm³/mol. The van der Waals surface area contributed by atoms with E-state index in [9.17, 15) is 0 Å². The lowest BCUT2D eigenvalue weighted by Crippen LogP contribution is -2.31. The zero-order valence-electron chi connectivity index (χ0n) is 12.3. The normalized spacial score (nSPS) is 18.1. The van der Waals surface area contributed by atoms with Crippen LogP contribution in [-0.4, -0.2) is 10.5 Å². The molecule has 1 aromatic rings. The van der Waals surface area contributed by atoms with Crippen molar-refractivity contribution in [3.8, 4) is 0 Å². The van der Waals surface area contributed by atoms with Crippen molar-refractivity contribution in [2.24, 2.45) is 5.84 Å². The highest BCUT2D eigenvalue weighted by molar-refractivity contribution is 8.00. The standard InChI is InChI=1S/C16H26N2S/c1-16(2,3)19-11-15(18-17)14-9-5-8-13(10-14)12-6-4-7-12/h5,8-10,12,15,18H,4,6-7,11,17H2,1-3H3. The first kappa shape index (κ1) is 14.9. The molecular formula is C16H26N2S. The van der Waals surface area contributed by atoms with Crippen molar-refractivity contribution in [3.05, 3.63) is 35.4 Å². The first-order valence-corrected chi connectivity index (χ1v) is 8.18. The fourth-order valence-corrected chi connectivity index (χ4v) is 3.30. The van der Waals surface area contributed by atoms with Gasteiger partial charge in [0.15, 0.2) is 0 Å². The van der Waals surface area contributed by atoms with E-state index in [0.717, 1.165) is 11.7 Å². The largest absolute Gasteiger partial charge is 0.271 e. The van der Waals surface area contributed by atoms with E-state index in [4.69, 9.17) is 5.84 Å². The van der Waals surface area contributed by atoms with Crippen molar-refractivity contribution >= 4 is 11.8 Å². The molecule has 0 saturated heterocycles. The Balaban J connectivity index is 2.05. The lowest BCUT2D eigenvalue weighted by molar-refractivity contribution is 0.419. The maximum Gasteiger partial charge on any atom is 0.0550 e. The molecule has 1 unspecified atom stereocenters. The molecule has 0 aromatic heterocycles. The van der Waals surface area contributed by atoms with Gasteiger partial charge in [0.1, 0.15) is 0 Å². The number of rotatable bonds is 5. The van der Waals surface area contributed by atoms with Gasteiger partial charge in [-0.1, -0.05) is 51.5 Å². The monoisotopic (exact) mass is 278 g/mol. The molecule has 2 rings (SSSR count). The van der Waals surface area contributed by atoms with Crippen molar-refractivity contribution in [1.82, 2.24) is 5.43 Å². The molecule has 0 aliphatic heterocycles. The van der Waals surface area contributed by atoms with Gasteiger partial charge in [0.2, 0.25) is 0 Å². The highest BCUT2D eigenvalue weighted by Crippen LogP contribution is 2.37. The Morgan fingerprint density at radius 1 is 1.37 bits per heavy atom. The third kappa shape index (κ3) is 4.23. The lowest BCUT2D eigenvalue weighted by Gasteiger charge is -2.27. The van der Waals surface area contributed by atoms with E-state index >= 15 is 0 Å². The third-order valence-corrected chi connectivity index (χ3v) is 5.14. The second-order valence-corrected chi connectivity index (χ2v) is 8.29. The van der Waals surface area contributed by atoms with Gasteiger partial charge < -0.3 is 0 Å². The molecule has 3 N–H and O–H groups in total. The van der Waals surface area contributed by atoms with Crippen LogP contribution < -0.4 is 11.3 Å². The smallest absolute Gasteiger partial charge is 0.0550 e. The molecule has 1 aliphatic rings. The van der Waals surface area contributed by atoms with Crippen LogP contribution in [0, 0.1) is 0 Å². The van der Waals surface area contributed by atoms with Crippen molar-refractivity contribution < 1.29 is 0 Å². The van der Waals surface area contributed by atoms with Crippen LogP contribution in [-0.2, 0) is 0 Å². The van der Waals surface area contributed by atoms with Gasteiger partial charge in [-0.05, 0) is 29.9 Å². The Hall–Kier alpha value is -0.510. The summed E-state index contributed by atoms with van der Waals surface area (Å²) in [6.07, 6.45) is 4.08. The van der Waals surface area contributed by atoms with Gasteiger partial charge >= 0.3 is 0 Å². The minimum atomic E-state index is 0.240. The molecule has 3 heteroatoms. The fraction of sp³-hybridized carbons (Fsp3) is 0.625. The molecule has 1 aromatic carbocycles. The van der Waals surface area contributed by atoms with Crippen LogP contribution in [0.25, 0.3) is 0 Å². The topological polar surface area (TPSA) is 38.0 Å². The highest BCUT2D eigenvalue weighted by atomic mass is 32.2. The van der Waals surface area contributed by atoms with Crippen LogP contribution in [0.4, 0.5) is 0 Å². The van der Waals surface area contributed by atoms with Crippen molar-refractivity contribution in [2.45, 2.75) is 56.7 Å². The lowest BCUT2D eigenvalue weighted by atomic mass is 9.79. The van der Waals surface area contributed by atoms with Gasteiger partial charge in [-0.25, -0.2) is 0 Å². The molecule has 1 atom stereocenters. The Morgan fingerprint density at radius 3 is 2.63 bits per heavy atom. The van der Waals surface area contributed by atoms with Gasteiger partial charge in [-0.3, -0.25) is 11.3 Å².